The number of aliphatic hydroxyl groups excluding tert-OH is 1. The Hall–Kier alpha value is -2.38. The summed E-state index contributed by atoms with van der Waals surface area (Å²) in [6.45, 7) is 0.364. The summed E-state index contributed by atoms with van der Waals surface area (Å²) < 4.78 is 19.1. The first kappa shape index (κ1) is 15.0. The van der Waals surface area contributed by atoms with E-state index in [1.54, 1.807) is 18.3 Å². The van der Waals surface area contributed by atoms with Crippen LogP contribution in [0.3, 0.4) is 0 Å². The number of hydrogen-bond acceptors (Lipinski definition) is 3. The predicted octanol–water partition coefficient (Wildman–Crippen LogP) is 2.58. The highest BCUT2D eigenvalue weighted by molar-refractivity contribution is 5.40. The maximum absolute atomic E-state index is 13.7. The summed E-state index contributed by atoms with van der Waals surface area (Å²) in [4.78, 5) is 4.18. The Balaban J connectivity index is 1.96. The van der Waals surface area contributed by atoms with Crippen LogP contribution in [0.5, 0.6) is 5.75 Å². The predicted molar refractivity (Wildman–Crippen MR) is 78.4 cm³/mol. The van der Waals surface area contributed by atoms with Crippen molar-refractivity contribution < 1.29 is 14.2 Å². The van der Waals surface area contributed by atoms with E-state index in [9.17, 15) is 4.39 Å². The van der Waals surface area contributed by atoms with Crippen molar-refractivity contribution in [1.29, 1.82) is 0 Å². The summed E-state index contributed by atoms with van der Waals surface area (Å²) in [6.07, 6.45) is 2.72. The number of ether oxygens (including phenoxy) is 1. The molecule has 0 spiro atoms. The van der Waals surface area contributed by atoms with Crippen LogP contribution in [0.15, 0.2) is 42.6 Å². The molecule has 0 saturated heterocycles. The minimum atomic E-state index is -0.413. The number of aliphatic hydroxyl groups is 1. The van der Waals surface area contributed by atoms with Crippen LogP contribution >= 0.6 is 0 Å². The maximum atomic E-state index is 13.7. The summed E-state index contributed by atoms with van der Waals surface area (Å²) in [5, 5.41) is 8.67. The molecule has 1 aromatic heterocycles. The molecule has 0 amide bonds. The molecule has 0 unspecified atom stereocenters. The largest absolute Gasteiger partial charge is 0.490 e. The van der Waals surface area contributed by atoms with Crippen LogP contribution < -0.4 is 4.74 Å². The van der Waals surface area contributed by atoms with Gasteiger partial charge in [0.25, 0.3) is 0 Å². The van der Waals surface area contributed by atoms with Gasteiger partial charge < -0.3 is 9.84 Å². The molecule has 1 aromatic carbocycles. The topological polar surface area (TPSA) is 42.4 Å². The fraction of sp³-hybridized carbons (Fsp3) is 0.235. The van der Waals surface area contributed by atoms with Crippen molar-refractivity contribution in [3.05, 3.63) is 59.7 Å². The lowest BCUT2D eigenvalue weighted by atomic mass is 10.2. The zero-order valence-corrected chi connectivity index (χ0v) is 11.6. The third-order valence-electron chi connectivity index (χ3n) is 2.74. The molecule has 0 bridgehead atoms. The molecule has 21 heavy (non-hydrogen) atoms. The smallest absolute Gasteiger partial charge is 0.165 e. The Labute approximate surface area is 123 Å². The third-order valence-corrected chi connectivity index (χ3v) is 2.74. The molecule has 3 nitrogen and oxygen atoms in total. The van der Waals surface area contributed by atoms with Crippen molar-refractivity contribution >= 4 is 0 Å². The van der Waals surface area contributed by atoms with E-state index >= 15 is 0 Å². The van der Waals surface area contributed by atoms with E-state index in [-0.39, 0.29) is 12.4 Å². The first-order valence-corrected chi connectivity index (χ1v) is 6.71. The van der Waals surface area contributed by atoms with Gasteiger partial charge in [-0.05, 0) is 30.3 Å². The number of hydrogen-bond donors (Lipinski definition) is 1. The van der Waals surface area contributed by atoms with Crippen molar-refractivity contribution in [2.24, 2.45) is 0 Å². The van der Waals surface area contributed by atoms with Gasteiger partial charge in [0.1, 0.15) is 0 Å². The van der Waals surface area contributed by atoms with Gasteiger partial charge in [0.05, 0.1) is 13.2 Å². The van der Waals surface area contributed by atoms with Crippen LogP contribution in [-0.4, -0.2) is 23.3 Å². The van der Waals surface area contributed by atoms with E-state index in [2.05, 4.69) is 16.8 Å². The van der Waals surface area contributed by atoms with E-state index < -0.39 is 5.82 Å². The summed E-state index contributed by atoms with van der Waals surface area (Å²) in [5.74, 6) is 5.41. The maximum Gasteiger partial charge on any atom is 0.165 e. The Morgan fingerprint density at radius 2 is 2.14 bits per heavy atom. The van der Waals surface area contributed by atoms with E-state index in [1.165, 1.54) is 6.07 Å². The van der Waals surface area contributed by atoms with Crippen LogP contribution in [0, 0.1) is 17.7 Å². The van der Waals surface area contributed by atoms with E-state index in [0.717, 1.165) is 5.69 Å². The summed E-state index contributed by atoms with van der Waals surface area (Å²) in [6, 6.07) is 10.1. The minimum Gasteiger partial charge on any atom is -0.490 e. The molecule has 4 heteroatoms. The van der Waals surface area contributed by atoms with E-state index in [0.29, 0.717) is 25.0 Å². The van der Waals surface area contributed by atoms with Crippen molar-refractivity contribution in [2.45, 2.75) is 12.8 Å². The standard InChI is InChI=1S/C17H16FNO2/c18-16-8-7-14(5-2-4-11-20)13-17(16)21-12-9-15-6-1-3-10-19-15/h1,3,6-8,10,13,20H,4,9,11-12H2. The second-order valence-electron chi connectivity index (χ2n) is 4.34. The number of halogens is 1. The molecular weight excluding hydrogens is 269 g/mol. The average Bonchev–Trinajstić information content (AvgIpc) is 2.51. The Morgan fingerprint density at radius 1 is 1.24 bits per heavy atom. The van der Waals surface area contributed by atoms with E-state index in [1.807, 2.05) is 18.2 Å². The normalized spacial score (nSPS) is 9.81. The van der Waals surface area contributed by atoms with Gasteiger partial charge in [-0.15, -0.1) is 0 Å². The molecule has 0 aliphatic rings. The van der Waals surface area contributed by atoms with Gasteiger partial charge in [-0.3, -0.25) is 4.98 Å². The zero-order valence-electron chi connectivity index (χ0n) is 11.6. The number of pyridine rings is 1. The van der Waals surface area contributed by atoms with Crippen LogP contribution in [0.4, 0.5) is 4.39 Å². The highest BCUT2D eigenvalue weighted by Crippen LogP contribution is 2.18. The Kier molecular flexibility index (Phi) is 5.74. The second kappa shape index (κ2) is 8.03. The lowest BCUT2D eigenvalue weighted by Gasteiger charge is -2.07. The van der Waals surface area contributed by atoms with Crippen LogP contribution in [0.25, 0.3) is 0 Å². The molecule has 0 atom stereocenters. The number of rotatable bonds is 5. The molecule has 2 aromatic rings. The van der Waals surface area contributed by atoms with Gasteiger partial charge in [0.2, 0.25) is 0 Å². The summed E-state index contributed by atoms with van der Waals surface area (Å²) >= 11 is 0. The Morgan fingerprint density at radius 3 is 2.90 bits per heavy atom. The number of benzene rings is 1. The molecule has 0 fully saturated rings. The molecule has 0 saturated carbocycles. The molecule has 2 rings (SSSR count). The van der Waals surface area contributed by atoms with Gasteiger partial charge in [0, 0.05) is 30.3 Å². The molecule has 0 aliphatic carbocycles. The first-order chi connectivity index (χ1) is 10.3. The number of aromatic nitrogens is 1. The molecule has 108 valence electrons. The van der Waals surface area contributed by atoms with Crippen molar-refractivity contribution in [1.82, 2.24) is 4.98 Å². The lowest BCUT2D eigenvalue weighted by Crippen LogP contribution is -2.04. The highest BCUT2D eigenvalue weighted by atomic mass is 19.1. The quantitative estimate of drug-likeness (QED) is 0.859. The molecule has 1 heterocycles. The molecule has 0 radical (unpaired) electrons. The fourth-order valence-corrected chi connectivity index (χ4v) is 1.72. The monoisotopic (exact) mass is 285 g/mol. The van der Waals surface area contributed by atoms with Crippen LogP contribution in [0.1, 0.15) is 17.7 Å². The van der Waals surface area contributed by atoms with E-state index in [4.69, 9.17) is 9.84 Å². The van der Waals surface area contributed by atoms with Crippen LogP contribution in [0.2, 0.25) is 0 Å². The third kappa shape index (κ3) is 4.90. The molecule has 1 N–H and O–H groups in total. The SMILES string of the molecule is OCCC#Cc1ccc(F)c(OCCc2ccccn2)c1. The summed E-state index contributed by atoms with van der Waals surface area (Å²) in [7, 11) is 0. The van der Waals surface area contributed by atoms with Crippen molar-refractivity contribution in [2.75, 3.05) is 13.2 Å². The minimum absolute atomic E-state index is 0.0155. The highest BCUT2D eigenvalue weighted by Gasteiger charge is 2.04. The van der Waals surface area contributed by atoms with Gasteiger partial charge in [-0.1, -0.05) is 17.9 Å². The fourth-order valence-electron chi connectivity index (χ4n) is 1.72. The zero-order chi connectivity index (χ0) is 14.9. The van der Waals surface area contributed by atoms with Gasteiger partial charge in [-0.2, -0.15) is 0 Å². The lowest BCUT2D eigenvalue weighted by molar-refractivity contribution is 0.304. The summed E-state index contributed by atoms with van der Waals surface area (Å²) in [5.41, 5.74) is 1.56. The van der Waals surface area contributed by atoms with Crippen molar-refractivity contribution in [3.63, 3.8) is 0 Å². The Bertz CT molecular complexity index is 632. The first-order valence-electron chi connectivity index (χ1n) is 6.71. The molecule has 0 aliphatic heterocycles. The van der Waals surface area contributed by atoms with Gasteiger partial charge in [0.15, 0.2) is 11.6 Å². The molecular formula is C17H16FNO2. The number of nitrogens with zero attached hydrogens (tertiary/aromatic N) is 1. The van der Waals surface area contributed by atoms with Crippen molar-refractivity contribution in [3.8, 4) is 17.6 Å². The van der Waals surface area contributed by atoms with Crippen LogP contribution in [-0.2, 0) is 6.42 Å². The van der Waals surface area contributed by atoms with Gasteiger partial charge >= 0.3 is 0 Å². The second-order valence-corrected chi connectivity index (χ2v) is 4.34. The average molecular weight is 285 g/mol. The van der Waals surface area contributed by atoms with Gasteiger partial charge in [-0.25, -0.2) is 4.39 Å².